The third kappa shape index (κ3) is 3.06. The van der Waals surface area contributed by atoms with E-state index in [2.05, 4.69) is 6.92 Å². The molecule has 0 spiro atoms. The zero-order chi connectivity index (χ0) is 16.4. The van der Waals surface area contributed by atoms with Crippen molar-refractivity contribution in [1.29, 1.82) is 0 Å². The lowest BCUT2D eigenvalue weighted by molar-refractivity contribution is -0.0713. The van der Waals surface area contributed by atoms with Gasteiger partial charge in [-0.2, -0.15) is 0 Å². The Morgan fingerprint density at radius 2 is 2.22 bits per heavy atom. The van der Waals surface area contributed by atoms with Crippen LogP contribution in [0.4, 0.5) is 0 Å². The number of β-amino-alcohol motifs (C(OH)–C–C–N with tert-alkyl or cyclic N) is 1. The van der Waals surface area contributed by atoms with Gasteiger partial charge in [0.1, 0.15) is 0 Å². The number of fused-ring (bicyclic) bond motifs is 1. The van der Waals surface area contributed by atoms with Gasteiger partial charge in [-0.1, -0.05) is 13.3 Å². The summed E-state index contributed by atoms with van der Waals surface area (Å²) < 4.78 is 0. The molecule has 128 valence electrons. The van der Waals surface area contributed by atoms with Crippen LogP contribution in [0.25, 0.3) is 0 Å². The van der Waals surface area contributed by atoms with Crippen molar-refractivity contribution in [2.75, 3.05) is 19.7 Å². The van der Waals surface area contributed by atoms with E-state index in [0.717, 1.165) is 37.7 Å². The number of piperidine rings is 1. The summed E-state index contributed by atoms with van der Waals surface area (Å²) in [7, 11) is 0. The monoisotopic (exact) mass is 337 g/mol. The molecular weight excluding hydrogens is 310 g/mol. The Kier molecular flexibility index (Phi) is 5.09. The number of aliphatic hydroxyl groups is 2. The average Bonchev–Trinajstić information content (AvgIpc) is 3.00. The van der Waals surface area contributed by atoms with E-state index in [-0.39, 0.29) is 12.5 Å². The molecule has 0 aromatic carbocycles. The first-order valence-corrected chi connectivity index (χ1v) is 9.66. The van der Waals surface area contributed by atoms with E-state index in [1.54, 1.807) is 16.2 Å². The lowest BCUT2D eigenvalue weighted by Crippen LogP contribution is -2.54. The van der Waals surface area contributed by atoms with Gasteiger partial charge < -0.3 is 15.1 Å². The molecular formula is C18H27NO3S. The molecule has 1 aliphatic heterocycles. The Morgan fingerprint density at radius 3 is 2.91 bits per heavy atom. The summed E-state index contributed by atoms with van der Waals surface area (Å²) in [6, 6.07) is 0. The minimum Gasteiger partial charge on any atom is -0.396 e. The van der Waals surface area contributed by atoms with Crippen molar-refractivity contribution >= 4 is 17.2 Å². The van der Waals surface area contributed by atoms with Crippen molar-refractivity contribution in [3.05, 3.63) is 21.4 Å². The number of nitrogens with zero attached hydrogens (tertiary/aromatic N) is 1. The van der Waals surface area contributed by atoms with Crippen LogP contribution in [0.5, 0.6) is 0 Å². The van der Waals surface area contributed by atoms with Crippen LogP contribution in [0, 0.1) is 5.41 Å². The Hall–Kier alpha value is -0.910. The van der Waals surface area contributed by atoms with Gasteiger partial charge in [-0.05, 0) is 44.1 Å². The van der Waals surface area contributed by atoms with E-state index in [4.69, 9.17) is 0 Å². The van der Waals surface area contributed by atoms with Crippen molar-refractivity contribution in [2.45, 2.75) is 58.0 Å². The molecule has 2 aliphatic rings. The molecule has 1 aliphatic carbocycles. The summed E-state index contributed by atoms with van der Waals surface area (Å²) in [6.07, 6.45) is 6.27. The molecule has 0 unspecified atom stereocenters. The molecule has 2 atom stereocenters. The van der Waals surface area contributed by atoms with E-state index in [9.17, 15) is 15.0 Å². The van der Waals surface area contributed by atoms with Crippen LogP contribution in [0.3, 0.4) is 0 Å². The lowest BCUT2D eigenvalue weighted by atomic mass is 9.73. The van der Waals surface area contributed by atoms with E-state index in [1.807, 2.05) is 5.38 Å². The fraction of sp³-hybridized carbons (Fsp3) is 0.722. The first kappa shape index (κ1) is 16.9. The number of likely N-dealkylation sites (tertiary alicyclic amines) is 1. The highest BCUT2D eigenvalue weighted by Gasteiger charge is 2.42. The van der Waals surface area contributed by atoms with Gasteiger partial charge in [-0.15, -0.1) is 11.3 Å². The number of thiophene rings is 1. The minimum atomic E-state index is -0.639. The third-order valence-corrected chi connectivity index (χ3v) is 6.71. The molecule has 0 bridgehead atoms. The van der Waals surface area contributed by atoms with Crippen molar-refractivity contribution in [1.82, 2.24) is 4.90 Å². The molecule has 3 rings (SSSR count). The summed E-state index contributed by atoms with van der Waals surface area (Å²) in [4.78, 5) is 16.0. The molecule has 23 heavy (non-hydrogen) atoms. The highest BCUT2D eigenvalue weighted by Crippen LogP contribution is 2.37. The summed E-state index contributed by atoms with van der Waals surface area (Å²) in [5.74, 6) is 0.0616. The predicted octanol–water partition coefficient (Wildman–Crippen LogP) is 2.61. The van der Waals surface area contributed by atoms with Crippen LogP contribution in [0.1, 0.15) is 59.8 Å². The van der Waals surface area contributed by atoms with E-state index >= 15 is 0 Å². The van der Waals surface area contributed by atoms with Gasteiger partial charge in [0.05, 0.1) is 18.3 Å². The number of aryl methyl sites for hydroxylation is 1. The quantitative estimate of drug-likeness (QED) is 0.888. The van der Waals surface area contributed by atoms with Gasteiger partial charge in [0.15, 0.2) is 0 Å². The van der Waals surface area contributed by atoms with Crippen LogP contribution >= 0.6 is 11.3 Å². The number of carbonyl (C=O) groups is 1. The normalized spacial score (nSPS) is 27.8. The third-order valence-electron chi connectivity index (χ3n) is 5.62. The van der Waals surface area contributed by atoms with Crippen molar-refractivity contribution in [3.63, 3.8) is 0 Å². The van der Waals surface area contributed by atoms with Crippen LogP contribution in [0.2, 0.25) is 0 Å². The highest BCUT2D eigenvalue weighted by atomic mass is 32.1. The van der Waals surface area contributed by atoms with E-state index in [0.29, 0.717) is 19.5 Å². The fourth-order valence-corrected chi connectivity index (χ4v) is 5.22. The van der Waals surface area contributed by atoms with E-state index < -0.39 is 11.5 Å². The number of hydrogen-bond acceptors (Lipinski definition) is 4. The van der Waals surface area contributed by atoms with Gasteiger partial charge in [-0.3, -0.25) is 4.79 Å². The van der Waals surface area contributed by atoms with Crippen LogP contribution in [-0.4, -0.2) is 46.8 Å². The maximum atomic E-state index is 12.9. The number of carbonyl (C=O) groups excluding carboxylic acids is 1. The number of rotatable bonds is 4. The first-order chi connectivity index (χ1) is 11.1. The van der Waals surface area contributed by atoms with Crippen molar-refractivity contribution in [3.8, 4) is 0 Å². The van der Waals surface area contributed by atoms with Gasteiger partial charge in [0.2, 0.25) is 0 Å². The molecule has 2 heterocycles. The standard InChI is InChI=1S/C18H27NO3S/c1-2-7-18(12-20)8-9-19(10-16(18)21)17(22)14-11-23-15-6-4-3-5-13(14)15/h11,16,20-21H,2-10,12H2,1H3/t16-,18+/m0/s1. The second-order valence-corrected chi connectivity index (χ2v) is 8.01. The number of hydrogen-bond donors (Lipinski definition) is 2. The van der Waals surface area contributed by atoms with E-state index in [1.165, 1.54) is 16.9 Å². The number of amides is 1. The molecule has 0 saturated carbocycles. The maximum absolute atomic E-state index is 12.9. The summed E-state index contributed by atoms with van der Waals surface area (Å²) in [5.41, 5.74) is 1.66. The molecule has 0 radical (unpaired) electrons. The second-order valence-electron chi connectivity index (χ2n) is 7.05. The molecule has 1 fully saturated rings. The zero-order valence-electron chi connectivity index (χ0n) is 13.9. The maximum Gasteiger partial charge on any atom is 0.255 e. The largest absolute Gasteiger partial charge is 0.396 e. The topological polar surface area (TPSA) is 60.8 Å². The van der Waals surface area contributed by atoms with Gasteiger partial charge in [0, 0.05) is 28.8 Å². The van der Waals surface area contributed by atoms with Crippen LogP contribution in [-0.2, 0) is 12.8 Å². The average molecular weight is 337 g/mol. The van der Waals surface area contributed by atoms with Gasteiger partial charge >= 0.3 is 0 Å². The Morgan fingerprint density at radius 1 is 1.43 bits per heavy atom. The first-order valence-electron chi connectivity index (χ1n) is 8.78. The molecule has 1 aromatic rings. The molecule has 2 N–H and O–H groups in total. The zero-order valence-corrected chi connectivity index (χ0v) is 14.7. The molecule has 4 nitrogen and oxygen atoms in total. The minimum absolute atomic E-state index is 0.00210. The fourth-order valence-electron chi connectivity index (χ4n) is 4.10. The van der Waals surface area contributed by atoms with Crippen LogP contribution in [0.15, 0.2) is 5.38 Å². The van der Waals surface area contributed by atoms with Gasteiger partial charge in [-0.25, -0.2) is 0 Å². The van der Waals surface area contributed by atoms with Crippen molar-refractivity contribution < 1.29 is 15.0 Å². The van der Waals surface area contributed by atoms with Crippen molar-refractivity contribution in [2.24, 2.45) is 5.41 Å². The summed E-state index contributed by atoms with van der Waals surface area (Å²) in [5, 5.41) is 22.3. The molecule has 5 heteroatoms. The second kappa shape index (κ2) is 6.91. The SMILES string of the molecule is CCC[C@]1(CO)CCN(C(=O)c2csc3c2CCCC3)C[C@@H]1O. The van der Waals surface area contributed by atoms with Crippen LogP contribution < -0.4 is 0 Å². The summed E-state index contributed by atoms with van der Waals surface area (Å²) >= 11 is 1.71. The highest BCUT2D eigenvalue weighted by molar-refractivity contribution is 7.10. The number of aliphatic hydroxyl groups excluding tert-OH is 2. The smallest absolute Gasteiger partial charge is 0.255 e. The Balaban J connectivity index is 1.74. The molecule has 1 saturated heterocycles. The molecule has 1 amide bonds. The Bertz CT molecular complexity index is 571. The molecule has 1 aromatic heterocycles. The Labute approximate surface area is 142 Å². The summed E-state index contributed by atoms with van der Waals surface area (Å²) in [6.45, 7) is 3.03. The predicted molar refractivity (Wildman–Crippen MR) is 91.9 cm³/mol. The van der Waals surface area contributed by atoms with Gasteiger partial charge in [0.25, 0.3) is 5.91 Å². The lowest BCUT2D eigenvalue weighted by Gasteiger charge is -2.44.